The molecule has 0 spiro atoms. The minimum absolute atomic E-state index is 0.187. The Bertz CT molecular complexity index is 837. The summed E-state index contributed by atoms with van der Waals surface area (Å²) in [6.07, 6.45) is 0. The van der Waals surface area contributed by atoms with Gasteiger partial charge in [-0.2, -0.15) is 0 Å². The highest BCUT2D eigenvalue weighted by molar-refractivity contribution is 5.86. The first-order chi connectivity index (χ1) is 11.8. The van der Waals surface area contributed by atoms with Crippen LogP contribution < -0.4 is 16.0 Å². The van der Waals surface area contributed by atoms with Crippen molar-refractivity contribution in [3.8, 4) is 5.75 Å². The third kappa shape index (κ3) is 3.80. The number of nitrogens with two attached hydrogens (primary N) is 1. The monoisotopic (exact) mass is 323 g/mol. The van der Waals surface area contributed by atoms with Crippen LogP contribution >= 0.6 is 0 Å². The molecule has 0 aliphatic carbocycles. The number of rotatable bonds is 6. The van der Waals surface area contributed by atoms with Crippen LogP contribution in [-0.2, 0) is 16.1 Å². The Morgan fingerprint density at radius 3 is 2.67 bits per heavy atom. The largest absolute Gasteiger partial charge is 0.480 e. The molecule has 122 valence electrons. The van der Waals surface area contributed by atoms with Crippen LogP contribution in [0.3, 0.4) is 0 Å². The smallest absolute Gasteiger partial charge is 0.344 e. The van der Waals surface area contributed by atoms with Gasteiger partial charge in [-0.15, -0.1) is 0 Å². The van der Waals surface area contributed by atoms with Crippen molar-refractivity contribution in [2.24, 2.45) is 5.84 Å². The van der Waals surface area contributed by atoms with Gasteiger partial charge < -0.3 is 14.9 Å². The molecule has 1 aromatic heterocycles. The molecule has 0 bridgehead atoms. The Labute approximate surface area is 139 Å². The highest BCUT2D eigenvalue weighted by Crippen LogP contribution is 2.25. The number of nitrogens with zero attached hydrogens (tertiary/aromatic N) is 1. The minimum atomic E-state index is -0.441. The Kier molecular flexibility index (Phi) is 4.88. The van der Waals surface area contributed by atoms with Gasteiger partial charge in [-0.05, 0) is 23.8 Å². The van der Waals surface area contributed by atoms with E-state index in [4.69, 9.17) is 15.3 Å². The van der Waals surface area contributed by atoms with E-state index in [9.17, 15) is 4.79 Å². The fraction of sp³-hybridized carbons (Fsp3) is 0.111. The molecule has 0 saturated heterocycles. The predicted octanol–water partition coefficient (Wildman–Crippen LogP) is 2.64. The number of nitrogens with one attached hydrogen (secondary N) is 1. The lowest BCUT2D eigenvalue weighted by Crippen LogP contribution is -2.15. The number of hydrogen-bond acceptors (Lipinski definition) is 6. The summed E-state index contributed by atoms with van der Waals surface area (Å²) >= 11 is 0. The molecule has 0 aliphatic rings. The summed E-state index contributed by atoms with van der Waals surface area (Å²) in [4.78, 5) is 16.2. The molecule has 6 nitrogen and oxygen atoms in total. The molecule has 3 rings (SSSR count). The molecule has 3 N–H and O–H groups in total. The van der Waals surface area contributed by atoms with Crippen LogP contribution in [0, 0.1) is 0 Å². The molecule has 3 aromatic rings. The Morgan fingerprint density at radius 1 is 1.04 bits per heavy atom. The summed E-state index contributed by atoms with van der Waals surface area (Å²) in [6.45, 7) is 0.0337. The normalized spacial score (nSPS) is 10.4. The SMILES string of the molecule is NNc1ccc2cccc(OCC(=O)OCc3ccccc3)c2n1. The first kappa shape index (κ1) is 15.8. The van der Waals surface area contributed by atoms with E-state index in [1.165, 1.54) is 0 Å². The third-order valence-corrected chi connectivity index (χ3v) is 3.42. The molecule has 0 amide bonds. The zero-order valence-corrected chi connectivity index (χ0v) is 12.9. The van der Waals surface area contributed by atoms with Crippen molar-refractivity contribution in [1.82, 2.24) is 4.98 Å². The van der Waals surface area contributed by atoms with Gasteiger partial charge in [0.2, 0.25) is 0 Å². The zero-order valence-electron chi connectivity index (χ0n) is 12.9. The van der Waals surface area contributed by atoms with E-state index in [0.29, 0.717) is 17.1 Å². The number of carbonyl (C=O) groups is 1. The molecule has 0 radical (unpaired) electrons. The van der Waals surface area contributed by atoms with Gasteiger partial charge in [0.25, 0.3) is 0 Å². The number of esters is 1. The maximum atomic E-state index is 11.8. The predicted molar refractivity (Wildman–Crippen MR) is 91.3 cm³/mol. The molecule has 0 saturated carbocycles. The molecule has 6 heteroatoms. The summed E-state index contributed by atoms with van der Waals surface area (Å²) in [5, 5.41) is 0.893. The van der Waals surface area contributed by atoms with Crippen molar-refractivity contribution < 1.29 is 14.3 Å². The molecular weight excluding hydrogens is 306 g/mol. The van der Waals surface area contributed by atoms with Crippen molar-refractivity contribution in [2.75, 3.05) is 12.0 Å². The number of aromatic nitrogens is 1. The molecule has 0 atom stereocenters. The second kappa shape index (κ2) is 7.43. The van der Waals surface area contributed by atoms with E-state index < -0.39 is 5.97 Å². The number of fused-ring (bicyclic) bond motifs is 1. The van der Waals surface area contributed by atoms with Crippen molar-refractivity contribution in [1.29, 1.82) is 0 Å². The average molecular weight is 323 g/mol. The minimum Gasteiger partial charge on any atom is -0.480 e. The fourth-order valence-corrected chi connectivity index (χ4v) is 2.23. The maximum Gasteiger partial charge on any atom is 0.344 e. The second-order valence-corrected chi connectivity index (χ2v) is 5.10. The summed E-state index contributed by atoms with van der Waals surface area (Å²) in [5.74, 6) is 5.96. The Balaban J connectivity index is 1.63. The lowest BCUT2D eigenvalue weighted by molar-refractivity contribution is -0.147. The van der Waals surface area contributed by atoms with E-state index in [-0.39, 0.29) is 13.2 Å². The molecule has 0 unspecified atom stereocenters. The number of anilines is 1. The molecule has 0 fully saturated rings. The summed E-state index contributed by atoms with van der Waals surface area (Å²) in [6, 6.07) is 18.6. The van der Waals surface area contributed by atoms with E-state index in [1.54, 1.807) is 12.1 Å². The highest BCUT2D eigenvalue weighted by Gasteiger charge is 2.09. The van der Waals surface area contributed by atoms with Gasteiger partial charge in [0, 0.05) is 5.39 Å². The number of benzene rings is 2. The van der Waals surface area contributed by atoms with Crippen LogP contribution in [0.1, 0.15) is 5.56 Å². The topological polar surface area (TPSA) is 86.5 Å². The van der Waals surface area contributed by atoms with E-state index in [2.05, 4.69) is 10.4 Å². The van der Waals surface area contributed by atoms with Crippen molar-refractivity contribution in [2.45, 2.75) is 6.61 Å². The van der Waals surface area contributed by atoms with Crippen LogP contribution in [0.25, 0.3) is 10.9 Å². The summed E-state index contributed by atoms with van der Waals surface area (Å²) in [7, 11) is 0. The van der Waals surface area contributed by atoms with E-state index in [1.807, 2.05) is 48.5 Å². The van der Waals surface area contributed by atoms with Crippen LogP contribution in [-0.4, -0.2) is 17.6 Å². The van der Waals surface area contributed by atoms with E-state index >= 15 is 0 Å². The Hall–Kier alpha value is -3.12. The average Bonchev–Trinajstić information content (AvgIpc) is 2.65. The van der Waals surface area contributed by atoms with Crippen molar-refractivity contribution >= 4 is 22.7 Å². The van der Waals surface area contributed by atoms with Gasteiger partial charge in [0.05, 0.1) is 0 Å². The summed E-state index contributed by atoms with van der Waals surface area (Å²) < 4.78 is 10.8. The first-order valence-electron chi connectivity index (χ1n) is 7.45. The van der Waals surface area contributed by atoms with Gasteiger partial charge in [0.15, 0.2) is 6.61 Å². The van der Waals surface area contributed by atoms with Crippen LogP contribution in [0.2, 0.25) is 0 Å². The van der Waals surface area contributed by atoms with Crippen LogP contribution in [0.15, 0.2) is 60.7 Å². The number of pyridine rings is 1. The maximum absolute atomic E-state index is 11.8. The number of hydrogen-bond donors (Lipinski definition) is 2. The van der Waals surface area contributed by atoms with Gasteiger partial charge in [0.1, 0.15) is 23.7 Å². The molecule has 1 heterocycles. The lowest BCUT2D eigenvalue weighted by Gasteiger charge is -2.10. The third-order valence-electron chi connectivity index (χ3n) is 3.42. The lowest BCUT2D eigenvalue weighted by atomic mass is 10.2. The zero-order chi connectivity index (χ0) is 16.8. The number of hydrazine groups is 1. The van der Waals surface area contributed by atoms with Crippen LogP contribution in [0.4, 0.5) is 5.82 Å². The number of carbonyl (C=O) groups excluding carboxylic acids is 1. The Morgan fingerprint density at radius 2 is 1.88 bits per heavy atom. The van der Waals surface area contributed by atoms with Gasteiger partial charge in [-0.25, -0.2) is 15.6 Å². The molecule has 2 aromatic carbocycles. The summed E-state index contributed by atoms with van der Waals surface area (Å²) in [5.41, 5.74) is 4.05. The second-order valence-electron chi connectivity index (χ2n) is 5.10. The fourth-order valence-electron chi connectivity index (χ4n) is 2.23. The van der Waals surface area contributed by atoms with Gasteiger partial charge >= 0.3 is 5.97 Å². The standard InChI is InChI=1S/C18H17N3O3/c19-21-16-10-9-14-7-4-8-15(18(14)20-16)23-12-17(22)24-11-13-5-2-1-3-6-13/h1-10H,11-12,19H2,(H,20,21). The quantitative estimate of drug-likeness (QED) is 0.412. The number of nitrogen functional groups attached to an aromatic ring is 1. The van der Waals surface area contributed by atoms with Crippen molar-refractivity contribution in [3.63, 3.8) is 0 Å². The van der Waals surface area contributed by atoms with Crippen molar-refractivity contribution in [3.05, 3.63) is 66.2 Å². The van der Waals surface area contributed by atoms with Gasteiger partial charge in [-0.1, -0.05) is 42.5 Å². The number of para-hydroxylation sites is 1. The molecule has 24 heavy (non-hydrogen) atoms. The molecular formula is C18H17N3O3. The molecule has 0 aliphatic heterocycles. The highest BCUT2D eigenvalue weighted by atomic mass is 16.6. The van der Waals surface area contributed by atoms with Crippen LogP contribution in [0.5, 0.6) is 5.75 Å². The van der Waals surface area contributed by atoms with Gasteiger partial charge in [-0.3, -0.25) is 0 Å². The number of ether oxygens (including phenoxy) is 2. The van der Waals surface area contributed by atoms with E-state index in [0.717, 1.165) is 10.9 Å². The first-order valence-corrected chi connectivity index (χ1v) is 7.45.